The van der Waals surface area contributed by atoms with Gasteiger partial charge in [0.2, 0.25) is 0 Å². The number of hydrogen-bond acceptors (Lipinski definition) is 0. The Bertz CT molecular complexity index is 783. The third kappa shape index (κ3) is 4.75. The molecule has 2 heteroatoms. The Morgan fingerprint density at radius 1 is 0.346 bits per heavy atom. The van der Waals surface area contributed by atoms with Gasteiger partial charge >= 0.3 is 169 Å². The van der Waals surface area contributed by atoms with Crippen LogP contribution in [0.4, 0.5) is 0 Å². The van der Waals surface area contributed by atoms with E-state index in [1.165, 1.54) is 22.3 Å². The maximum atomic E-state index is 2.47. The molecule has 0 aliphatic carbocycles. The van der Waals surface area contributed by atoms with Crippen LogP contribution in [0.25, 0.3) is 22.3 Å². The van der Waals surface area contributed by atoms with Gasteiger partial charge in [0.15, 0.2) is 0 Å². The Labute approximate surface area is 167 Å². The van der Waals surface area contributed by atoms with E-state index in [1.807, 2.05) is 0 Å². The summed E-state index contributed by atoms with van der Waals surface area (Å²) in [4.78, 5) is 14.8. The average molecular weight is 556 g/mol. The van der Waals surface area contributed by atoms with Gasteiger partial charge in [-0.2, -0.15) is 0 Å². The first-order valence-electron chi connectivity index (χ1n) is 9.46. The van der Waals surface area contributed by atoms with E-state index in [0.29, 0.717) is 0 Å². The normalized spacial score (nSPS) is 12.2. The van der Waals surface area contributed by atoms with Gasteiger partial charge in [0.05, 0.1) is 0 Å². The van der Waals surface area contributed by atoms with Gasteiger partial charge in [0, 0.05) is 0 Å². The zero-order valence-corrected chi connectivity index (χ0v) is 22.6. The summed E-state index contributed by atoms with van der Waals surface area (Å²) >= 11 is -3.91. The molecule has 0 saturated heterocycles. The molecule has 0 N–H and O–H groups in total. The van der Waals surface area contributed by atoms with Gasteiger partial charge < -0.3 is 0 Å². The first-order chi connectivity index (χ1) is 12.1. The van der Waals surface area contributed by atoms with Crippen LogP contribution in [0.2, 0.25) is 29.6 Å². The van der Waals surface area contributed by atoms with Crippen molar-refractivity contribution in [2.75, 3.05) is 0 Å². The quantitative estimate of drug-likeness (QED) is 0.341. The second-order valence-electron chi connectivity index (χ2n) is 9.23. The van der Waals surface area contributed by atoms with Crippen molar-refractivity contribution in [3.8, 4) is 22.3 Å². The summed E-state index contributed by atoms with van der Waals surface area (Å²) in [7, 11) is 0. The van der Waals surface area contributed by atoms with Crippen LogP contribution in [0.3, 0.4) is 0 Å². The summed E-state index contributed by atoms with van der Waals surface area (Å²) in [5, 5.41) is 0. The molecular weight excluding hydrogens is 526 g/mol. The molecule has 0 heterocycles. The molecule has 3 rings (SSSR count). The van der Waals surface area contributed by atoms with Gasteiger partial charge in [-0.3, -0.25) is 0 Å². The molecule has 0 atom stereocenters. The number of hydrogen-bond donors (Lipinski definition) is 0. The Hall–Kier alpha value is -0.743. The van der Waals surface area contributed by atoms with Crippen molar-refractivity contribution < 1.29 is 0 Å². The Morgan fingerprint density at radius 3 is 0.731 bits per heavy atom. The predicted molar refractivity (Wildman–Crippen MR) is 123 cm³/mol. The molecule has 0 aliphatic rings. The molecule has 0 amide bonds. The second-order valence-corrected chi connectivity index (χ2v) is 38.2. The van der Waals surface area contributed by atoms with Gasteiger partial charge in [0.1, 0.15) is 0 Å². The molecule has 0 radical (unpaired) electrons. The molecule has 0 spiro atoms. The molecule has 134 valence electrons. The Balaban J connectivity index is 1.82. The van der Waals surface area contributed by atoms with Crippen LogP contribution < -0.4 is 7.16 Å². The molecular formula is C24H30Sn2. The van der Waals surface area contributed by atoms with Crippen LogP contribution in [0.5, 0.6) is 0 Å². The van der Waals surface area contributed by atoms with Crippen molar-refractivity contribution >= 4 is 43.9 Å². The zero-order chi connectivity index (χ0) is 18.9. The number of benzene rings is 3. The molecule has 3 aromatic carbocycles. The fourth-order valence-corrected chi connectivity index (χ4v) is 9.84. The SMILES string of the molecule is [CH3][Sn]([CH3])([CH3])[c]1ccc(-c2ccc(-c3cc[c]([Sn]([CH3])([CH3])[CH3])cc3)cc2)cc1. The van der Waals surface area contributed by atoms with E-state index in [4.69, 9.17) is 0 Å². The minimum atomic E-state index is -1.95. The molecule has 0 bridgehead atoms. The van der Waals surface area contributed by atoms with Crippen molar-refractivity contribution in [1.82, 2.24) is 0 Å². The van der Waals surface area contributed by atoms with E-state index < -0.39 is 36.8 Å². The van der Waals surface area contributed by atoms with Crippen molar-refractivity contribution in [2.24, 2.45) is 0 Å². The average Bonchev–Trinajstić information content (AvgIpc) is 2.61. The van der Waals surface area contributed by atoms with Crippen molar-refractivity contribution in [3.63, 3.8) is 0 Å². The van der Waals surface area contributed by atoms with Crippen LogP contribution in [0, 0.1) is 0 Å². The molecule has 0 unspecified atom stereocenters. The van der Waals surface area contributed by atoms with Crippen LogP contribution >= 0.6 is 0 Å². The summed E-state index contributed by atoms with van der Waals surface area (Å²) in [6.07, 6.45) is 0. The monoisotopic (exact) mass is 558 g/mol. The van der Waals surface area contributed by atoms with Gasteiger partial charge in [-0.25, -0.2) is 0 Å². The van der Waals surface area contributed by atoms with Crippen LogP contribution in [-0.2, 0) is 0 Å². The van der Waals surface area contributed by atoms with E-state index in [-0.39, 0.29) is 0 Å². The third-order valence-corrected chi connectivity index (χ3v) is 16.8. The maximum absolute atomic E-state index is 2.47. The molecule has 0 fully saturated rings. The first-order valence-corrected chi connectivity index (χ1v) is 29.4. The first kappa shape index (κ1) is 20.0. The van der Waals surface area contributed by atoms with Gasteiger partial charge in [-0.1, -0.05) is 0 Å². The predicted octanol–water partition coefficient (Wildman–Crippen LogP) is 6.11. The van der Waals surface area contributed by atoms with Crippen molar-refractivity contribution in [2.45, 2.75) is 29.6 Å². The summed E-state index contributed by atoms with van der Waals surface area (Å²) in [6, 6.07) is 27.5. The van der Waals surface area contributed by atoms with Gasteiger partial charge in [-0.15, -0.1) is 0 Å². The fraction of sp³-hybridized carbons (Fsp3) is 0.250. The minimum absolute atomic E-state index is 1.30. The third-order valence-electron chi connectivity index (χ3n) is 5.05. The summed E-state index contributed by atoms with van der Waals surface area (Å²) < 4.78 is 3.17. The molecule has 26 heavy (non-hydrogen) atoms. The van der Waals surface area contributed by atoms with Crippen LogP contribution in [-0.4, -0.2) is 36.8 Å². The standard InChI is InChI=1S/C18H12.6CH3.2Sn/c1-3-7-15(8-4-1)17-11-13-18(14-12-17)16-9-5-2-6-10-16;;;;;;;;/h3-14H;6*1H3;;. The van der Waals surface area contributed by atoms with Crippen LogP contribution in [0.1, 0.15) is 0 Å². The van der Waals surface area contributed by atoms with Crippen LogP contribution in [0.15, 0.2) is 72.8 Å². The van der Waals surface area contributed by atoms with E-state index in [1.54, 1.807) is 7.16 Å². The molecule has 0 saturated carbocycles. The van der Waals surface area contributed by atoms with Crippen molar-refractivity contribution in [3.05, 3.63) is 72.8 Å². The number of rotatable bonds is 4. The molecule has 3 aromatic rings. The summed E-state index contributed by atoms with van der Waals surface area (Å²) in [6.45, 7) is 0. The van der Waals surface area contributed by atoms with Gasteiger partial charge in [-0.05, 0) is 0 Å². The molecule has 0 aliphatic heterocycles. The van der Waals surface area contributed by atoms with Crippen molar-refractivity contribution in [1.29, 1.82) is 0 Å². The fourth-order valence-electron chi connectivity index (χ4n) is 3.18. The van der Waals surface area contributed by atoms with E-state index in [9.17, 15) is 0 Å². The van der Waals surface area contributed by atoms with E-state index in [0.717, 1.165) is 0 Å². The topological polar surface area (TPSA) is 0 Å². The van der Waals surface area contributed by atoms with E-state index >= 15 is 0 Å². The van der Waals surface area contributed by atoms with Gasteiger partial charge in [0.25, 0.3) is 0 Å². The summed E-state index contributed by atoms with van der Waals surface area (Å²) in [5.74, 6) is 0. The zero-order valence-electron chi connectivity index (χ0n) is 16.9. The molecule has 0 nitrogen and oxygen atoms in total. The van der Waals surface area contributed by atoms with E-state index in [2.05, 4.69) is 102 Å². The Morgan fingerprint density at radius 2 is 0.538 bits per heavy atom. The summed E-state index contributed by atoms with van der Waals surface area (Å²) in [5.41, 5.74) is 5.22. The Kier molecular flexibility index (Phi) is 5.93. The molecule has 0 aromatic heterocycles. The second kappa shape index (κ2) is 7.71.